The van der Waals surface area contributed by atoms with Crippen molar-refractivity contribution in [2.24, 2.45) is 5.73 Å². The molecule has 2 aromatic rings. The van der Waals surface area contributed by atoms with Gasteiger partial charge in [0.1, 0.15) is 18.5 Å². The van der Waals surface area contributed by atoms with Crippen LogP contribution in [0.2, 0.25) is 5.02 Å². The Balaban J connectivity index is 1.82. The van der Waals surface area contributed by atoms with Crippen LogP contribution < -0.4 is 10.5 Å². The maximum absolute atomic E-state index is 10.0. The minimum absolute atomic E-state index is 0.162. The lowest BCUT2D eigenvalue weighted by Crippen LogP contribution is -2.40. The SMILES string of the molecule is NC(Cc1ccccc1)C(O)COc1ccc(Cl)cc1. The standard InChI is InChI=1S/C16H18ClNO2/c17-13-6-8-14(9-7-13)20-11-16(19)15(18)10-12-4-2-1-3-5-12/h1-9,15-16,19H,10-11,18H2. The summed E-state index contributed by atoms with van der Waals surface area (Å²) in [5, 5.41) is 10.7. The highest BCUT2D eigenvalue weighted by molar-refractivity contribution is 6.30. The molecule has 0 amide bonds. The Kier molecular flexibility index (Phi) is 5.41. The molecular formula is C16H18ClNO2. The zero-order valence-corrected chi connectivity index (χ0v) is 11.8. The van der Waals surface area contributed by atoms with Gasteiger partial charge in [0, 0.05) is 11.1 Å². The van der Waals surface area contributed by atoms with Gasteiger partial charge in [0.25, 0.3) is 0 Å². The highest BCUT2D eigenvalue weighted by atomic mass is 35.5. The number of aliphatic hydroxyl groups is 1. The van der Waals surface area contributed by atoms with Crippen LogP contribution >= 0.6 is 11.6 Å². The van der Waals surface area contributed by atoms with E-state index in [2.05, 4.69) is 0 Å². The van der Waals surface area contributed by atoms with Crippen LogP contribution in [0.5, 0.6) is 5.75 Å². The molecule has 106 valence electrons. The minimum atomic E-state index is -0.717. The molecule has 0 fully saturated rings. The van der Waals surface area contributed by atoms with E-state index in [0.29, 0.717) is 17.2 Å². The van der Waals surface area contributed by atoms with E-state index < -0.39 is 6.10 Å². The average molecular weight is 292 g/mol. The zero-order chi connectivity index (χ0) is 14.4. The van der Waals surface area contributed by atoms with Crippen molar-refractivity contribution in [1.82, 2.24) is 0 Å². The van der Waals surface area contributed by atoms with E-state index in [-0.39, 0.29) is 12.6 Å². The number of benzene rings is 2. The molecule has 2 rings (SSSR count). The van der Waals surface area contributed by atoms with Crippen molar-refractivity contribution in [3.8, 4) is 5.75 Å². The van der Waals surface area contributed by atoms with Gasteiger partial charge >= 0.3 is 0 Å². The quantitative estimate of drug-likeness (QED) is 0.860. The van der Waals surface area contributed by atoms with E-state index in [1.165, 1.54) is 0 Å². The van der Waals surface area contributed by atoms with Crippen molar-refractivity contribution in [3.05, 3.63) is 65.2 Å². The summed E-state index contributed by atoms with van der Waals surface area (Å²) in [6.07, 6.45) is -0.0997. The van der Waals surface area contributed by atoms with Crippen LogP contribution in [0, 0.1) is 0 Å². The van der Waals surface area contributed by atoms with Crippen LogP contribution in [0.15, 0.2) is 54.6 Å². The first-order chi connectivity index (χ1) is 9.65. The van der Waals surface area contributed by atoms with Crippen LogP contribution in [0.1, 0.15) is 5.56 Å². The molecule has 0 aliphatic heterocycles. The predicted octanol–water partition coefficient (Wildman–Crippen LogP) is 2.65. The summed E-state index contributed by atoms with van der Waals surface area (Å²) in [6, 6.07) is 16.5. The number of ether oxygens (including phenoxy) is 1. The topological polar surface area (TPSA) is 55.5 Å². The lowest BCUT2D eigenvalue weighted by atomic mass is 10.0. The first-order valence-corrected chi connectivity index (χ1v) is 6.89. The fourth-order valence-corrected chi connectivity index (χ4v) is 1.98. The molecule has 2 unspecified atom stereocenters. The maximum atomic E-state index is 10.0. The molecule has 0 radical (unpaired) electrons. The third-order valence-electron chi connectivity index (χ3n) is 3.04. The van der Waals surface area contributed by atoms with E-state index in [1.807, 2.05) is 30.3 Å². The van der Waals surface area contributed by atoms with Crippen molar-refractivity contribution < 1.29 is 9.84 Å². The van der Waals surface area contributed by atoms with Gasteiger partial charge in [0.15, 0.2) is 0 Å². The van der Waals surface area contributed by atoms with Crippen LogP contribution in [-0.4, -0.2) is 23.9 Å². The number of halogens is 1. The van der Waals surface area contributed by atoms with Gasteiger partial charge in [0.05, 0.1) is 0 Å². The van der Waals surface area contributed by atoms with Crippen molar-refractivity contribution in [2.45, 2.75) is 18.6 Å². The monoisotopic (exact) mass is 291 g/mol. The summed E-state index contributed by atoms with van der Waals surface area (Å²) in [7, 11) is 0. The lowest BCUT2D eigenvalue weighted by molar-refractivity contribution is 0.0851. The van der Waals surface area contributed by atoms with Crippen molar-refractivity contribution in [3.63, 3.8) is 0 Å². The Morgan fingerprint density at radius 1 is 1.05 bits per heavy atom. The van der Waals surface area contributed by atoms with Gasteiger partial charge in [-0.15, -0.1) is 0 Å². The number of hydrogen-bond donors (Lipinski definition) is 2. The maximum Gasteiger partial charge on any atom is 0.119 e. The second-order valence-electron chi connectivity index (χ2n) is 4.69. The molecule has 0 aromatic heterocycles. The largest absolute Gasteiger partial charge is 0.491 e. The number of rotatable bonds is 6. The van der Waals surface area contributed by atoms with E-state index >= 15 is 0 Å². The molecule has 20 heavy (non-hydrogen) atoms. The molecule has 3 N–H and O–H groups in total. The van der Waals surface area contributed by atoms with Crippen molar-refractivity contribution in [1.29, 1.82) is 0 Å². The van der Waals surface area contributed by atoms with Crippen LogP contribution in [0.25, 0.3) is 0 Å². The third-order valence-corrected chi connectivity index (χ3v) is 3.29. The van der Waals surface area contributed by atoms with Gasteiger partial charge in [-0.2, -0.15) is 0 Å². The Bertz CT molecular complexity index is 516. The molecule has 4 heteroatoms. The zero-order valence-electron chi connectivity index (χ0n) is 11.1. The van der Waals surface area contributed by atoms with Crippen molar-refractivity contribution in [2.75, 3.05) is 6.61 Å². The summed E-state index contributed by atoms with van der Waals surface area (Å²) in [6.45, 7) is 0.162. The van der Waals surface area contributed by atoms with E-state index in [1.54, 1.807) is 24.3 Å². The molecular weight excluding hydrogens is 274 g/mol. The summed E-state index contributed by atoms with van der Waals surface area (Å²) < 4.78 is 5.49. The van der Waals surface area contributed by atoms with Gasteiger partial charge in [-0.05, 0) is 36.2 Å². The van der Waals surface area contributed by atoms with Gasteiger partial charge in [-0.1, -0.05) is 41.9 Å². The van der Waals surface area contributed by atoms with E-state index in [9.17, 15) is 5.11 Å². The van der Waals surface area contributed by atoms with Crippen LogP contribution in [-0.2, 0) is 6.42 Å². The fourth-order valence-electron chi connectivity index (χ4n) is 1.86. The Morgan fingerprint density at radius 2 is 1.70 bits per heavy atom. The average Bonchev–Trinajstić information content (AvgIpc) is 2.47. The third kappa shape index (κ3) is 4.53. The number of hydrogen-bond acceptors (Lipinski definition) is 3. The summed E-state index contributed by atoms with van der Waals surface area (Å²) in [4.78, 5) is 0. The number of aliphatic hydroxyl groups excluding tert-OH is 1. The predicted molar refractivity (Wildman–Crippen MR) is 81.1 cm³/mol. The first kappa shape index (κ1) is 14.9. The van der Waals surface area contributed by atoms with Gasteiger partial charge < -0.3 is 15.6 Å². The molecule has 0 aliphatic carbocycles. The van der Waals surface area contributed by atoms with Gasteiger partial charge in [-0.3, -0.25) is 0 Å². The second-order valence-corrected chi connectivity index (χ2v) is 5.12. The van der Waals surface area contributed by atoms with Crippen LogP contribution in [0.4, 0.5) is 0 Å². The smallest absolute Gasteiger partial charge is 0.119 e. The van der Waals surface area contributed by atoms with E-state index in [0.717, 1.165) is 5.56 Å². The normalized spacial score (nSPS) is 13.8. The molecule has 0 aliphatic rings. The summed E-state index contributed by atoms with van der Waals surface area (Å²) in [5.41, 5.74) is 7.09. The Hall–Kier alpha value is -1.55. The molecule has 0 saturated carbocycles. The Labute approximate surface area is 123 Å². The minimum Gasteiger partial charge on any atom is -0.491 e. The highest BCUT2D eigenvalue weighted by Gasteiger charge is 2.16. The summed E-state index contributed by atoms with van der Waals surface area (Å²) >= 11 is 5.79. The molecule has 3 nitrogen and oxygen atoms in total. The summed E-state index contributed by atoms with van der Waals surface area (Å²) in [5.74, 6) is 0.667. The molecule has 0 spiro atoms. The number of nitrogens with two attached hydrogens (primary N) is 1. The van der Waals surface area contributed by atoms with Crippen LogP contribution in [0.3, 0.4) is 0 Å². The molecule has 0 heterocycles. The van der Waals surface area contributed by atoms with E-state index in [4.69, 9.17) is 22.1 Å². The van der Waals surface area contributed by atoms with Crippen molar-refractivity contribution >= 4 is 11.6 Å². The Morgan fingerprint density at radius 3 is 2.35 bits per heavy atom. The first-order valence-electron chi connectivity index (χ1n) is 6.51. The van der Waals surface area contributed by atoms with Gasteiger partial charge in [0.2, 0.25) is 0 Å². The molecule has 2 atom stereocenters. The fraction of sp³-hybridized carbons (Fsp3) is 0.250. The molecule has 0 bridgehead atoms. The molecule has 2 aromatic carbocycles. The van der Waals surface area contributed by atoms with Gasteiger partial charge in [-0.25, -0.2) is 0 Å². The lowest BCUT2D eigenvalue weighted by Gasteiger charge is -2.19. The highest BCUT2D eigenvalue weighted by Crippen LogP contribution is 2.16. The molecule has 0 saturated heterocycles. The second kappa shape index (κ2) is 7.29.